The summed E-state index contributed by atoms with van der Waals surface area (Å²) in [6.45, 7) is 2.29. The fraction of sp³-hybridized carbons (Fsp3) is 0.333. The summed E-state index contributed by atoms with van der Waals surface area (Å²) < 4.78 is 1.45. The second-order valence-electron chi connectivity index (χ2n) is 6.18. The third kappa shape index (κ3) is 3.49. The normalized spacial score (nSPS) is 18.4. The zero-order valence-corrected chi connectivity index (χ0v) is 14.0. The van der Waals surface area contributed by atoms with Crippen LogP contribution in [0.2, 0.25) is 0 Å². The highest BCUT2D eigenvalue weighted by Crippen LogP contribution is 2.25. The number of likely N-dealkylation sites (N-methyl/N-ethyl adjacent to an activating group) is 1. The molecule has 1 atom stereocenters. The minimum Gasteiger partial charge on any atom is -0.317 e. The molecular formula is C18H22N4O2. The van der Waals surface area contributed by atoms with Crippen molar-refractivity contribution in [2.24, 2.45) is 7.05 Å². The van der Waals surface area contributed by atoms with Crippen LogP contribution in [0.25, 0.3) is 0 Å². The van der Waals surface area contributed by atoms with Gasteiger partial charge in [0.05, 0.1) is 11.7 Å². The van der Waals surface area contributed by atoms with Crippen LogP contribution >= 0.6 is 0 Å². The number of aromatic nitrogens is 1. The van der Waals surface area contributed by atoms with Gasteiger partial charge in [0.25, 0.3) is 0 Å². The maximum atomic E-state index is 12.8. The van der Waals surface area contributed by atoms with Gasteiger partial charge in [0.2, 0.25) is 5.56 Å². The molecule has 0 aliphatic carbocycles. The summed E-state index contributed by atoms with van der Waals surface area (Å²) in [6, 6.07) is 13.0. The van der Waals surface area contributed by atoms with Gasteiger partial charge in [-0.1, -0.05) is 30.3 Å². The average molecular weight is 326 g/mol. The number of nitrogens with zero attached hydrogens (tertiary/aromatic N) is 3. The summed E-state index contributed by atoms with van der Waals surface area (Å²) in [6.07, 6.45) is 1.63. The van der Waals surface area contributed by atoms with Gasteiger partial charge in [-0.05, 0) is 18.7 Å². The standard InChI is InChI=1S/C18H22N4O2/c1-20-10-11-22(16(13-20)14-6-4-3-5-7-14)18(24)19-15-8-9-17(23)21(2)12-15/h3-9,12,16H,10-11,13H2,1-2H3,(H,19,24)/t16-/m0/s1. The highest BCUT2D eigenvalue weighted by atomic mass is 16.2. The van der Waals surface area contributed by atoms with Crippen LogP contribution in [0.5, 0.6) is 0 Å². The number of hydrogen-bond acceptors (Lipinski definition) is 3. The van der Waals surface area contributed by atoms with Gasteiger partial charge in [0.1, 0.15) is 0 Å². The van der Waals surface area contributed by atoms with Crippen molar-refractivity contribution in [2.45, 2.75) is 6.04 Å². The molecule has 6 heteroatoms. The van der Waals surface area contributed by atoms with E-state index in [-0.39, 0.29) is 17.6 Å². The molecule has 2 amide bonds. The molecule has 1 aromatic carbocycles. The Morgan fingerprint density at radius 3 is 2.54 bits per heavy atom. The van der Waals surface area contributed by atoms with Gasteiger partial charge in [-0.2, -0.15) is 0 Å². The van der Waals surface area contributed by atoms with Crippen LogP contribution in [0.1, 0.15) is 11.6 Å². The van der Waals surface area contributed by atoms with Crippen molar-refractivity contribution in [2.75, 3.05) is 32.0 Å². The number of carbonyl (C=O) groups is 1. The zero-order chi connectivity index (χ0) is 17.1. The fourth-order valence-electron chi connectivity index (χ4n) is 2.99. The number of benzene rings is 1. The molecule has 1 N–H and O–H groups in total. The van der Waals surface area contributed by atoms with Crippen LogP contribution in [-0.2, 0) is 7.05 Å². The van der Waals surface area contributed by atoms with E-state index in [1.807, 2.05) is 23.1 Å². The van der Waals surface area contributed by atoms with E-state index < -0.39 is 0 Å². The van der Waals surface area contributed by atoms with Crippen molar-refractivity contribution in [3.05, 3.63) is 64.6 Å². The first-order valence-corrected chi connectivity index (χ1v) is 8.02. The van der Waals surface area contributed by atoms with Crippen molar-refractivity contribution in [3.8, 4) is 0 Å². The minimum atomic E-state index is -0.143. The lowest BCUT2D eigenvalue weighted by molar-refractivity contribution is 0.116. The Morgan fingerprint density at radius 2 is 1.83 bits per heavy atom. The molecule has 3 rings (SSSR count). The maximum absolute atomic E-state index is 12.8. The quantitative estimate of drug-likeness (QED) is 0.917. The largest absolute Gasteiger partial charge is 0.322 e. The molecule has 6 nitrogen and oxygen atoms in total. The molecule has 1 aliphatic heterocycles. The molecule has 126 valence electrons. The van der Waals surface area contributed by atoms with Gasteiger partial charge in [-0.3, -0.25) is 4.79 Å². The van der Waals surface area contributed by atoms with E-state index in [4.69, 9.17) is 0 Å². The molecule has 1 aromatic heterocycles. The number of rotatable bonds is 2. The predicted octanol–water partition coefficient (Wildman–Crippen LogP) is 1.91. The molecule has 0 radical (unpaired) electrons. The molecule has 2 aromatic rings. The Labute approximate surface area is 141 Å². The van der Waals surface area contributed by atoms with Gasteiger partial charge in [0, 0.05) is 38.9 Å². The van der Waals surface area contributed by atoms with Crippen molar-refractivity contribution in [1.29, 1.82) is 0 Å². The molecule has 0 unspecified atom stereocenters. The molecule has 0 bridgehead atoms. The summed E-state index contributed by atoms with van der Waals surface area (Å²) in [5.74, 6) is 0. The van der Waals surface area contributed by atoms with Crippen LogP contribution in [0.15, 0.2) is 53.5 Å². The Bertz CT molecular complexity index is 772. The number of hydrogen-bond donors (Lipinski definition) is 1. The van der Waals surface area contributed by atoms with E-state index >= 15 is 0 Å². The lowest BCUT2D eigenvalue weighted by atomic mass is 10.0. The van der Waals surface area contributed by atoms with Gasteiger partial charge in [0.15, 0.2) is 0 Å². The summed E-state index contributed by atoms with van der Waals surface area (Å²) in [5, 5.41) is 2.90. The summed E-state index contributed by atoms with van der Waals surface area (Å²) in [5.41, 5.74) is 1.64. The highest BCUT2D eigenvalue weighted by Gasteiger charge is 2.30. The van der Waals surface area contributed by atoms with Gasteiger partial charge in [-0.25, -0.2) is 4.79 Å². The molecule has 0 spiro atoms. The number of amides is 2. The van der Waals surface area contributed by atoms with Crippen LogP contribution in [-0.4, -0.2) is 47.1 Å². The van der Waals surface area contributed by atoms with Crippen molar-refractivity contribution < 1.29 is 4.79 Å². The van der Waals surface area contributed by atoms with E-state index in [1.54, 1.807) is 19.3 Å². The first-order chi connectivity index (χ1) is 11.5. The monoisotopic (exact) mass is 326 g/mol. The van der Waals surface area contributed by atoms with Gasteiger partial charge in [-0.15, -0.1) is 0 Å². The van der Waals surface area contributed by atoms with Crippen LogP contribution in [0.4, 0.5) is 10.5 Å². The number of carbonyl (C=O) groups excluding carboxylic acids is 1. The Morgan fingerprint density at radius 1 is 1.08 bits per heavy atom. The van der Waals surface area contributed by atoms with E-state index in [1.165, 1.54) is 10.6 Å². The summed E-state index contributed by atoms with van der Waals surface area (Å²) in [4.78, 5) is 28.3. The SMILES string of the molecule is CN1CCN(C(=O)Nc2ccc(=O)n(C)c2)[C@H](c2ccccc2)C1. The molecule has 1 saturated heterocycles. The van der Waals surface area contributed by atoms with Crippen molar-refractivity contribution in [1.82, 2.24) is 14.4 Å². The maximum Gasteiger partial charge on any atom is 0.322 e. The summed E-state index contributed by atoms with van der Waals surface area (Å²) in [7, 11) is 3.73. The minimum absolute atomic E-state index is 0.0116. The lowest BCUT2D eigenvalue weighted by Gasteiger charge is -2.40. The predicted molar refractivity (Wildman–Crippen MR) is 94.1 cm³/mol. The second kappa shape index (κ2) is 6.88. The van der Waals surface area contributed by atoms with Crippen LogP contribution in [0.3, 0.4) is 0 Å². The Hall–Kier alpha value is -2.60. The number of aryl methyl sites for hydroxylation is 1. The number of pyridine rings is 1. The summed E-state index contributed by atoms with van der Waals surface area (Å²) >= 11 is 0. The van der Waals surface area contributed by atoms with Gasteiger partial charge < -0.3 is 19.7 Å². The first kappa shape index (κ1) is 16.3. The van der Waals surface area contributed by atoms with E-state index in [2.05, 4.69) is 29.4 Å². The molecule has 24 heavy (non-hydrogen) atoms. The van der Waals surface area contributed by atoms with Crippen molar-refractivity contribution >= 4 is 11.7 Å². The average Bonchev–Trinajstić information content (AvgIpc) is 2.59. The Balaban J connectivity index is 1.80. The third-order valence-corrected chi connectivity index (χ3v) is 4.37. The Kier molecular flexibility index (Phi) is 4.66. The lowest BCUT2D eigenvalue weighted by Crippen LogP contribution is -2.50. The topological polar surface area (TPSA) is 57.6 Å². The smallest absolute Gasteiger partial charge is 0.317 e. The molecule has 0 saturated carbocycles. The van der Waals surface area contributed by atoms with Crippen LogP contribution in [0, 0.1) is 0 Å². The van der Waals surface area contributed by atoms with E-state index in [0.29, 0.717) is 12.2 Å². The van der Waals surface area contributed by atoms with Crippen molar-refractivity contribution in [3.63, 3.8) is 0 Å². The van der Waals surface area contributed by atoms with E-state index in [9.17, 15) is 9.59 Å². The number of nitrogens with one attached hydrogen (secondary N) is 1. The first-order valence-electron chi connectivity index (χ1n) is 8.02. The van der Waals surface area contributed by atoms with Gasteiger partial charge >= 0.3 is 6.03 Å². The van der Waals surface area contributed by atoms with Crippen LogP contribution < -0.4 is 10.9 Å². The third-order valence-electron chi connectivity index (χ3n) is 4.37. The molecule has 1 aliphatic rings. The highest BCUT2D eigenvalue weighted by molar-refractivity contribution is 5.89. The molecule has 2 heterocycles. The number of urea groups is 1. The fourth-order valence-corrected chi connectivity index (χ4v) is 2.99. The second-order valence-corrected chi connectivity index (χ2v) is 6.18. The number of piperazine rings is 1. The number of anilines is 1. The zero-order valence-electron chi connectivity index (χ0n) is 14.0. The molecular weight excluding hydrogens is 304 g/mol. The molecule has 1 fully saturated rings. The van der Waals surface area contributed by atoms with E-state index in [0.717, 1.165) is 18.7 Å².